The van der Waals surface area contributed by atoms with Crippen molar-refractivity contribution in [1.29, 1.82) is 0 Å². The second-order valence-electron chi connectivity index (χ2n) is 9.92. The standard InChI is InChI=1S/C22H26O4/c1-19-8-5-14(23)11-13(19)3-4-16-15-6-9-21(10-7-18(24)26-21)20(15,2)12-17-22(16,19)25-17/h3-4,11,15-17H,5-10,12H2,1-2H3/t15-,16-,17?,19?,20-,21+,22?/m0/s1. The first kappa shape index (κ1) is 15.6. The van der Waals surface area contributed by atoms with Gasteiger partial charge < -0.3 is 9.47 Å². The molecule has 2 aliphatic heterocycles. The Hall–Kier alpha value is -1.42. The van der Waals surface area contributed by atoms with E-state index < -0.39 is 0 Å². The van der Waals surface area contributed by atoms with Crippen LogP contribution in [0.5, 0.6) is 0 Å². The van der Waals surface area contributed by atoms with Crippen molar-refractivity contribution < 1.29 is 19.1 Å². The number of hydrogen-bond acceptors (Lipinski definition) is 4. The van der Waals surface area contributed by atoms with Crippen LogP contribution in [0.1, 0.15) is 58.8 Å². The smallest absolute Gasteiger partial charge is 0.306 e. The summed E-state index contributed by atoms with van der Waals surface area (Å²) in [6, 6.07) is 0. The third kappa shape index (κ3) is 1.47. The van der Waals surface area contributed by atoms with Crippen molar-refractivity contribution in [3.05, 3.63) is 23.8 Å². The van der Waals surface area contributed by atoms with E-state index >= 15 is 0 Å². The fourth-order valence-corrected chi connectivity index (χ4v) is 7.73. The van der Waals surface area contributed by atoms with E-state index in [4.69, 9.17) is 9.47 Å². The van der Waals surface area contributed by atoms with Crippen molar-refractivity contribution in [1.82, 2.24) is 0 Å². The number of rotatable bonds is 0. The summed E-state index contributed by atoms with van der Waals surface area (Å²) in [5.74, 6) is 1.06. The highest BCUT2D eigenvalue weighted by atomic mass is 16.6. The Labute approximate surface area is 154 Å². The molecule has 2 saturated carbocycles. The van der Waals surface area contributed by atoms with E-state index in [1.807, 2.05) is 6.08 Å². The predicted molar refractivity (Wildman–Crippen MR) is 94.2 cm³/mol. The normalized spacial score (nSPS) is 56.4. The molecule has 0 amide bonds. The third-order valence-electron chi connectivity index (χ3n) is 9.23. The average molecular weight is 354 g/mol. The molecule has 0 aromatic rings. The van der Waals surface area contributed by atoms with Gasteiger partial charge >= 0.3 is 5.97 Å². The van der Waals surface area contributed by atoms with Gasteiger partial charge in [0.1, 0.15) is 11.2 Å². The van der Waals surface area contributed by atoms with Crippen molar-refractivity contribution in [2.24, 2.45) is 22.7 Å². The Morgan fingerprint density at radius 2 is 1.96 bits per heavy atom. The summed E-state index contributed by atoms with van der Waals surface area (Å²) in [5, 5.41) is 0. The first-order valence-electron chi connectivity index (χ1n) is 10.2. The zero-order valence-electron chi connectivity index (χ0n) is 15.5. The number of fused-ring (bicyclic) bond motifs is 4. The molecule has 6 rings (SSSR count). The summed E-state index contributed by atoms with van der Waals surface area (Å²) in [7, 11) is 0. The molecule has 4 fully saturated rings. The molecule has 3 unspecified atom stereocenters. The van der Waals surface area contributed by atoms with Gasteiger partial charge in [-0.3, -0.25) is 9.59 Å². The molecule has 2 spiro atoms. The van der Waals surface area contributed by atoms with Gasteiger partial charge in [-0.2, -0.15) is 0 Å². The van der Waals surface area contributed by atoms with Crippen LogP contribution in [0.15, 0.2) is 23.8 Å². The molecule has 7 atom stereocenters. The van der Waals surface area contributed by atoms with Gasteiger partial charge in [-0.1, -0.05) is 26.0 Å². The topological polar surface area (TPSA) is 55.9 Å². The highest BCUT2D eigenvalue weighted by Gasteiger charge is 2.80. The molecule has 4 aliphatic carbocycles. The molecule has 6 aliphatic rings. The summed E-state index contributed by atoms with van der Waals surface area (Å²) in [6.07, 6.45) is 12.6. The Bertz CT molecular complexity index is 811. The molecule has 2 heterocycles. The number of ether oxygens (including phenoxy) is 2. The fourth-order valence-electron chi connectivity index (χ4n) is 7.73. The first-order valence-corrected chi connectivity index (χ1v) is 10.2. The van der Waals surface area contributed by atoms with Gasteiger partial charge in [0.25, 0.3) is 0 Å². The molecule has 0 radical (unpaired) electrons. The Balaban J connectivity index is 1.46. The molecule has 0 bridgehead atoms. The minimum absolute atomic E-state index is 0.000890. The molecular weight excluding hydrogens is 328 g/mol. The van der Waals surface area contributed by atoms with Crippen LogP contribution in [0.25, 0.3) is 0 Å². The second-order valence-corrected chi connectivity index (χ2v) is 9.92. The third-order valence-corrected chi connectivity index (χ3v) is 9.23. The molecule has 4 heteroatoms. The maximum absolute atomic E-state index is 12.0. The van der Waals surface area contributed by atoms with E-state index in [0.29, 0.717) is 24.7 Å². The van der Waals surface area contributed by atoms with Gasteiger partial charge in [-0.25, -0.2) is 0 Å². The SMILES string of the molecule is CC12CCC(=O)C=C1C=C[C@H]1[C@@H]3CC[C@@]4(CCC(=O)O4)[C@@]3(C)CC3OC312. The number of allylic oxidation sites excluding steroid dienone is 2. The lowest BCUT2D eigenvalue weighted by atomic mass is 9.47. The number of epoxide rings is 1. The number of ketones is 1. The van der Waals surface area contributed by atoms with Crippen LogP contribution in [0.2, 0.25) is 0 Å². The van der Waals surface area contributed by atoms with Crippen LogP contribution in [0, 0.1) is 22.7 Å². The van der Waals surface area contributed by atoms with Crippen molar-refractivity contribution in [3.8, 4) is 0 Å². The maximum Gasteiger partial charge on any atom is 0.306 e. The first-order chi connectivity index (χ1) is 12.3. The van der Waals surface area contributed by atoms with E-state index in [2.05, 4.69) is 26.0 Å². The van der Waals surface area contributed by atoms with E-state index in [-0.39, 0.29) is 39.9 Å². The fraction of sp³-hybridized carbons (Fsp3) is 0.727. The molecule has 2 saturated heterocycles. The molecule has 26 heavy (non-hydrogen) atoms. The molecule has 0 N–H and O–H groups in total. The van der Waals surface area contributed by atoms with Crippen molar-refractivity contribution in [2.45, 2.75) is 76.1 Å². The molecule has 138 valence electrons. The van der Waals surface area contributed by atoms with E-state index in [1.54, 1.807) is 0 Å². The van der Waals surface area contributed by atoms with E-state index in [9.17, 15) is 9.59 Å². The highest BCUT2D eigenvalue weighted by molar-refractivity contribution is 5.92. The molecular formula is C22H26O4. The predicted octanol–water partition coefficient (Wildman–Crippen LogP) is 3.50. The summed E-state index contributed by atoms with van der Waals surface area (Å²) < 4.78 is 12.6. The summed E-state index contributed by atoms with van der Waals surface area (Å²) in [5.41, 5.74) is 0.679. The quantitative estimate of drug-likeness (QED) is 0.493. The van der Waals surface area contributed by atoms with E-state index in [0.717, 1.165) is 37.7 Å². The van der Waals surface area contributed by atoms with Gasteiger partial charge in [-0.15, -0.1) is 0 Å². The summed E-state index contributed by atoms with van der Waals surface area (Å²) in [6.45, 7) is 4.66. The van der Waals surface area contributed by atoms with Crippen molar-refractivity contribution in [2.75, 3.05) is 0 Å². The zero-order valence-corrected chi connectivity index (χ0v) is 15.5. The second kappa shape index (κ2) is 4.35. The van der Waals surface area contributed by atoms with Crippen LogP contribution in [0.3, 0.4) is 0 Å². The largest absolute Gasteiger partial charge is 0.458 e. The van der Waals surface area contributed by atoms with Gasteiger partial charge in [0.05, 0.1) is 6.10 Å². The molecule has 0 aromatic carbocycles. The Kier molecular flexibility index (Phi) is 2.61. The summed E-state index contributed by atoms with van der Waals surface area (Å²) >= 11 is 0. The highest BCUT2D eigenvalue weighted by Crippen LogP contribution is 2.76. The van der Waals surface area contributed by atoms with Crippen LogP contribution in [-0.2, 0) is 19.1 Å². The van der Waals surface area contributed by atoms with Crippen LogP contribution in [-0.4, -0.2) is 29.1 Å². The lowest BCUT2D eigenvalue weighted by Gasteiger charge is -2.54. The number of carbonyl (C=O) groups is 2. The van der Waals surface area contributed by atoms with E-state index in [1.165, 1.54) is 0 Å². The monoisotopic (exact) mass is 354 g/mol. The minimum Gasteiger partial charge on any atom is -0.458 e. The van der Waals surface area contributed by atoms with Gasteiger partial charge in [-0.05, 0) is 49.7 Å². The Morgan fingerprint density at radius 3 is 2.73 bits per heavy atom. The number of carbonyl (C=O) groups excluding carboxylic acids is 2. The molecule has 4 nitrogen and oxygen atoms in total. The van der Waals surface area contributed by atoms with Crippen LogP contribution >= 0.6 is 0 Å². The average Bonchev–Trinajstić information content (AvgIpc) is 3.08. The summed E-state index contributed by atoms with van der Waals surface area (Å²) in [4.78, 5) is 23.9. The number of hydrogen-bond donors (Lipinski definition) is 0. The van der Waals surface area contributed by atoms with Crippen LogP contribution < -0.4 is 0 Å². The van der Waals surface area contributed by atoms with Gasteiger partial charge in [0, 0.05) is 29.6 Å². The number of esters is 1. The van der Waals surface area contributed by atoms with Crippen molar-refractivity contribution >= 4 is 11.8 Å². The lowest BCUT2D eigenvalue weighted by molar-refractivity contribution is -0.162. The van der Waals surface area contributed by atoms with Gasteiger partial charge in [0.15, 0.2) is 5.78 Å². The Morgan fingerprint density at radius 1 is 1.12 bits per heavy atom. The van der Waals surface area contributed by atoms with Crippen LogP contribution in [0.4, 0.5) is 0 Å². The molecule has 0 aromatic heterocycles. The minimum atomic E-state index is -0.278. The van der Waals surface area contributed by atoms with Crippen molar-refractivity contribution in [3.63, 3.8) is 0 Å². The zero-order chi connectivity index (χ0) is 17.9. The lowest BCUT2D eigenvalue weighted by Crippen LogP contribution is -2.58. The maximum atomic E-state index is 12.0. The van der Waals surface area contributed by atoms with Gasteiger partial charge in [0.2, 0.25) is 0 Å².